The number of hydrogen-bond acceptors (Lipinski definition) is 5. The van der Waals surface area contributed by atoms with Crippen LogP contribution in [0.1, 0.15) is 12.8 Å². The Morgan fingerprint density at radius 2 is 1.95 bits per heavy atom. The Balaban J connectivity index is 3.93. The highest BCUT2D eigenvalue weighted by Crippen LogP contribution is 1.96. The van der Waals surface area contributed by atoms with Crippen molar-refractivity contribution in [3.8, 4) is 0 Å². The summed E-state index contributed by atoms with van der Waals surface area (Å²) < 4.78 is 9.15. The van der Waals surface area contributed by atoms with Crippen molar-refractivity contribution in [3.63, 3.8) is 0 Å². The van der Waals surface area contributed by atoms with Gasteiger partial charge < -0.3 is 24.8 Å². The first-order valence-electron chi connectivity index (χ1n) is 5.73. The van der Waals surface area contributed by atoms with E-state index >= 15 is 0 Å². The summed E-state index contributed by atoms with van der Waals surface area (Å²) in [5.74, 6) is -1.48. The number of carboxylic acid groups (broad SMARTS) is 1. The number of methoxy groups -OCH3 is 2. The lowest BCUT2D eigenvalue weighted by atomic mass is 10.3. The minimum atomic E-state index is -1.14. The number of amides is 2. The third-order valence-electron chi connectivity index (χ3n) is 2.45. The molecule has 19 heavy (non-hydrogen) atoms. The van der Waals surface area contributed by atoms with Crippen LogP contribution in [0.15, 0.2) is 0 Å². The summed E-state index contributed by atoms with van der Waals surface area (Å²) in [5, 5.41) is 11.1. The maximum absolute atomic E-state index is 11.6. The first kappa shape index (κ1) is 17.2. The maximum atomic E-state index is 11.6. The molecule has 0 saturated heterocycles. The van der Waals surface area contributed by atoms with Gasteiger partial charge in [0.15, 0.2) is 6.10 Å². The Kier molecular flexibility index (Phi) is 8.27. The van der Waals surface area contributed by atoms with Crippen LogP contribution in [0.25, 0.3) is 0 Å². The van der Waals surface area contributed by atoms with Crippen molar-refractivity contribution in [2.45, 2.75) is 18.9 Å². The van der Waals surface area contributed by atoms with Crippen LogP contribution in [0.3, 0.4) is 0 Å². The fraction of sp³-hybridized carbons (Fsp3) is 0.727. The predicted octanol–water partition coefficient (Wildman–Crippen LogP) is -0.319. The molecule has 0 aliphatic heterocycles. The Bertz CT molecular complexity index is 320. The molecule has 0 radical (unpaired) electrons. The zero-order chi connectivity index (χ0) is 14.8. The summed E-state index contributed by atoms with van der Waals surface area (Å²) in [7, 11) is 4.11. The van der Waals surface area contributed by atoms with E-state index < -0.39 is 18.1 Å². The molecule has 0 aromatic heterocycles. The molecular weight excluding hydrogens is 256 g/mol. The van der Waals surface area contributed by atoms with Crippen LogP contribution in [-0.4, -0.2) is 68.4 Å². The lowest BCUT2D eigenvalue weighted by molar-refractivity contribution is -0.148. The number of hydrogen-bond donors (Lipinski definition) is 2. The van der Waals surface area contributed by atoms with Gasteiger partial charge in [-0.2, -0.15) is 0 Å². The molecule has 2 N–H and O–H groups in total. The van der Waals surface area contributed by atoms with Crippen molar-refractivity contribution in [1.29, 1.82) is 0 Å². The molecule has 8 heteroatoms. The van der Waals surface area contributed by atoms with E-state index in [2.05, 4.69) is 14.8 Å². The number of ether oxygens (including phenoxy) is 2. The van der Waals surface area contributed by atoms with Gasteiger partial charge in [-0.15, -0.1) is 0 Å². The zero-order valence-electron chi connectivity index (χ0n) is 11.3. The van der Waals surface area contributed by atoms with Crippen molar-refractivity contribution in [3.05, 3.63) is 0 Å². The van der Waals surface area contributed by atoms with Gasteiger partial charge in [-0.25, -0.2) is 9.59 Å². The molecule has 1 unspecified atom stereocenters. The molecule has 0 heterocycles. The maximum Gasteiger partial charge on any atom is 0.334 e. The van der Waals surface area contributed by atoms with Crippen molar-refractivity contribution >= 4 is 18.0 Å². The van der Waals surface area contributed by atoms with Gasteiger partial charge in [-0.3, -0.25) is 4.79 Å². The molecule has 0 rings (SSSR count). The average Bonchev–Trinajstić information content (AvgIpc) is 2.38. The third-order valence-corrected chi connectivity index (χ3v) is 2.45. The van der Waals surface area contributed by atoms with Gasteiger partial charge in [0.05, 0.1) is 13.7 Å². The highest BCUT2D eigenvalue weighted by Gasteiger charge is 2.18. The van der Waals surface area contributed by atoms with Gasteiger partial charge in [0.25, 0.3) is 0 Å². The third kappa shape index (κ3) is 7.24. The van der Waals surface area contributed by atoms with Gasteiger partial charge in [0, 0.05) is 27.1 Å². The second-order valence-corrected chi connectivity index (χ2v) is 3.85. The van der Waals surface area contributed by atoms with E-state index in [0.29, 0.717) is 13.0 Å². The van der Waals surface area contributed by atoms with Gasteiger partial charge in [-0.1, -0.05) is 0 Å². The van der Waals surface area contributed by atoms with Crippen LogP contribution in [0.2, 0.25) is 0 Å². The monoisotopic (exact) mass is 276 g/mol. The normalized spacial score (nSPS) is 11.5. The number of carbonyl (C=O) groups is 3. The predicted molar refractivity (Wildman–Crippen MR) is 65.7 cm³/mol. The summed E-state index contributed by atoms with van der Waals surface area (Å²) in [6.45, 7) is 0.248. The molecule has 2 amide bonds. The fourth-order valence-electron chi connectivity index (χ4n) is 1.25. The summed E-state index contributed by atoms with van der Waals surface area (Å²) in [5.41, 5.74) is 0. The Morgan fingerprint density at radius 3 is 2.42 bits per heavy atom. The second-order valence-electron chi connectivity index (χ2n) is 3.85. The standard InChI is InChI=1S/C11H20N2O6/c1-13(6-4-5-9(14)19-3)11(17)12-7-8(18-2)10(15)16/h8H,4-7H2,1-3H3,(H,12,17)(H,15,16). The zero-order valence-corrected chi connectivity index (χ0v) is 11.3. The minimum absolute atomic E-state index is 0.119. The number of aliphatic carboxylic acids is 1. The summed E-state index contributed by atoms with van der Waals surface area (Å²) >= 11 is 0. The van der Waals surface area contributed by atoms with Gasteiger partial charge >= 0.3 is 18.0 Å². The van der Waals surface area contributed by atoms with Crippen LogP contribution < -0.4 is 5.32 Å². The molecule has 110 valence electrons. The number of nitrogens with one attached hydrogen (secondary N) is 1. The van der Waals surface area contributed by atoms with Gasteiger partial charge in [-0.05, 0) is 6.42 Å². The molecule has 0 aromatic rings. The van der Waals surface area contributed by atoms with Crippen LogP contribution in [0.4, 0.5) is 4.79 Å². The number of nitrogens with zero attached hydrogens (tertiary/aromatic N) is 1. The van der Waals surface area contributed by atoms with Crippen LogP contribution in [0, 0.1) is 0 Å². The van der Waals surface area contributed by atoms with Gasteiger partial charge in [0.1, 0.15) is 0 Å². The average molecular weight is 276 g/mol. The van der Waals surface area contributed by atoms with Crippen molar-refractivity contribution < 1.29 is 29.0 Å². The molecule has 0 spiro atoms. The molecule has 1 atom stereocenters. The van der Waals surface area contributed by atoms with Crippen molar-refractivity contribution in [2.24, 2.45) is 0 Å². The fourth-order valence-corrected chi connectivity index (χ4v) is 1.25. The Labute approximate surface area is 111 Å². The molecule has 0 fully saturated rings. The van der Waals surface area contributed by atoms with Gasteiger partial charge in [0.2, 0.25) is 0 Å². The number of urea groups is 1. The van der Waals surface area contributed by atoms with Crippen molar-refractivity contribution in [2.75, 3.05) is 34.4 Å². The van der Waals surface area contributed by atoms with Crippen LogP contribution in [-0.2, 0) is 19.1 Å². The molecule has 0 aromatic carbocycles. The molecular formula is C11H20N2O6. The number of rotatable bonds is 8. The smallest absolute Gasteiger partial charge is 0.334 e. The second kappa shape index (κ2) is 9.15. The molecule has 0 aliphatic rings. The molecule has 0 aliphatic carbocycles. The summed E-state index contributed by atoms with van der Waals surface area (Å²) in [6, 6.07) is -0.423. The largest absolute Gasteiger partial charge is 0.479 e. The Hall–Kier alpha value is -1.83. The number of esters is 1. The summed E-state index contributed by atoms with van der Waals surface area (Å²) in [4.78, 5) is 34.5. The van der Waals surface area contributed by atoms with E-state index in [1.165, 1.54) is 19.1 Å². The molecule has 0 bridgehead atoms. The SMILES string of the molecule is COC(=O)CCCN(C)C(=O)NCC(OC)C(=O)O. The van der Waals surface area contributed by atoms with Crippen molar-refractivity contribution in [1.82, 2.24) is 10.2 Å². The highest BCUT2D eigenvalue weighted by atomic mass is 16.5. The quantitative estimate of drug-likeness (QED) is 0.589. The summed E-state index contributed by atoms with van der Waals surface area (Å²) in [6.07, 6.45) is -0.375. The van der Waals surface area contributed by atoms with E-state index in [1.54, 1.807) is 7.05 Å². The van der Waals surface area contributed by atoms with E-state index in [0.717, 1.165) is 0 Å². The van der Waals surface area contributed by atoms with Crippen LogP contribution >= 0.6 is 0 Å². The van der Waals surface area contributed by atoms with E-state index in [-0.39, 0.29) is 18.9 Å². The minimum Gasteiger partial charge on any atom is -0.479 e. The van der Waals surface area contributed by atoms with E-state index in [1.807, 2.05) is 0 Å². The Morgan fingerprint density at radius 1 is 1.32 bits per heavy atom. The first-order valence-corrected chi connectivity index (χ1v) is 5.73. The number of carboxylic acids is 1. The van der Waals surface area contributed by atoms with E-state index in [9.17, 15) is 14.4 Å². The highest BCUT2D eigenvalue weighted by molar-refractivity contribution is 5.76. The van der Waals surface area contributed by atoms with E-state index in [4.69, 9.17) is 5.11 Å². The lowest BCUT2D eigenvalue weighted by Gasteiger charge is -2.19. The van der Waals surface area contributed by atoms with Crippen LogP contribution in [0.5, 0.6) is 0 Å². The first-order chi connectivity index (χ1) is 8.92. The molecule has 0 saturated carbocycles. The number of carbonyl (C=O) groups excluding carboxylic acids is 2. The molecule has 8 nitrogen and oxygen atoms in total. The topological polar surface area (TPSA) is 105 Å². The lowest BCUT2D eigenvalue weighted by Crippen LogP contribution is -2.43.